The van der Waals surface area contributed by atoms with Gasteiger partial charge in [0.05, 0.1) is 6.20 Å². The largest absolute Gasteiger partial charge is 0.477 e. The summed E-state index contributed by atoms with van der Waals surface area (Å²) >= 11 is 0. The number of hydrogen-bond donors (Lipinski definition) is 1. The molecule has 0 atom stereocenters. The monoisotopic (exact) mass is 239 g/mol. The van der Waals surface area contributed by atoms with Gasteiger partial charge in [0.15, 0.2) is 0 Å². The molecule has 0 spiro atoms. The SMILES string of the molecule is O=C(O)c1ccc(OC(F)(F)C(F)F)cn1. The number of aromatic nitrogens is 1. The van der Waals surface area contributed by atoms with Gasteiger partial charge in [-0.1, -0.05) is 0 Å². The zero-order chi connectivity index (χ0) is 12.3. The number of halogens is 4. The topological polar surface area (TPSA) is 59.4 Å². The number of pyridine rings is 1. The first-order valence-electron chi connectivity index (χ1n) is 3.87. The second-order valence-corrected chi connectivity index (χ2v) is 2.65. The second kappa shape index (κ2) is 4.33. The Labute approximate surface area is 86.5 Å². The lowest BCUT2D eigenvalue weighted by Crippen LogP contribution is -2.33. The molecule has 1 aromatic rings. The molecule has 0 aromatic carbocycles. The quantitative estimate of drug-likeness (QED) is 0.816. The molecule has 0 amide bonds. The number of carbonyl (C=O) groups is 1. The van der Waals surface area contributed by atoms with Crippen molar-refractivity contribution in [2.45, 2.75) is 12.5 Å². The Kier molecular flexibility index (Phi) is 3.31. The molecular weight excluding hydrogens is 234 g/mol. The minimum atomic E-state index is -4.63. The van der Waals surface area contributed by atoms with Crippen molar-refractivity contribution in [1.29, 1.82) is 0 Å². The van der Waals surface area contributed by atoms with Crippen molar-refractivity contribution in [3.05, 3.63) is 24.0 Å². The fourth-order valence-corrected chi connectivity index (χ4v) is 0.769. The molecule has 0 unspecified atom stereocenters. The minimum absolute atomic E-state index is 0.410. The molecular formula is C8H5F4NO3. The van der Waals surface area contributed by atoms with E-state index in [0.29, 0.717) is 6.20 Å². The predicted octanol–water partition coefficient (Wildman–Crippen LogP) is 2.02. The Morgan fingerprint density at radius 2 is 2.06 bits per heavy atom. The van der Waals surface area contributed by atoms with Crippen molar-refractivity contribution in [1.82, 2.24) is 4.98 Å². The van der Waals surface area contributed by atoms with E-state index in [1.807, 2.05) is 0 Å². The average Bonchev–Trinajstić information content (AvgIpc) is 2.17. The zero-order valence-corrected chi connectivity index (χ0v) is 7.53. The Bertz CT molecular complexity index is 379. The number of aromatic carboxylic acids is 1. The molecule has 1 rings (SSSR count). The first kappa shape index (κ1) is 12.2. The number of nitrogens with zero attached hydrogens (tertiary/aromatic N) is 1. The number of carboxylic acid groups (broad SMARTS) is 1. The van der Waals surface area contributed by atoms with E-state index in [0.717, 1.165) is 12.1 Å². The van der Waals surface area contributed by atoms with E-state index >= 15 is 0 Å². The molecule has 0 fully saturated rings. The molecule has 0 saturated carbocycles. The third-order valence-corrected chi connectivity index (χ3v) is 1.46. The fourth-order valence-electron chi connectivity index (χ4n) is 0.769. The van der Waals surface area contributed by atoms with Gasteiger partial charge in [-0.15, -0.1) is 0 Å². The molecule has 0 aliphatic heterocycles. The van der Waals surface area contributed by atoms with E-state index < -0.39 is 29.9 Å². The normalized spacial score (nSPS) is 11.6. The molecule has 16 heavy (non-hydrogen) atoms. The van der Waals surface area contributed by atoms with Gasteiger partial charge < -0.3 is 9.84 Å². The highest BCUT2D eigenvalue weighted by Crippen LogP contribution is 2.26. The summed E-state index contributed by atoms with van der Waals surface area (Å²) in [5, 5.41) is 8.43. The lowest BCUT2D eigenvalue weighted by Gasteiger charge is -2.16. The van der Waals surface area contributed by atoms with E-state index in [1.54, 1.807) is 0 Å². The number of alkyl halides is 4. The van der Waals surface area contributed by atoms with E-state index in [-0.39, 0.29) is 0 Å². The van der Waals surface area contributed by atoms with Crippen molar-refractivity contribution in [2.75, 3.05) is 0 Å². The number of ether oxygens (including phenoxy) is 1. The summed E-state index contributed by atoms with van der Waals surface area (Å²) in [7, 11) is 0. The lowest BCUT2D eigenvalue weighted by molar-refractivity contribution is -0.253. The maximum absolute atomic E-state index is 12.4. The third-order valence-electron chi connectivity index (χ3n) is 1.46. The number of carboxylic acids is 1. The minimum Gasteiger partial charge on any atom is -0.477 e. The molecule has 1 heterocycles. The fraction of sp³-hybridized carbons (Fsp3) is 0.250. The van der Waals surface area contributed by atoms with Crippen molar-refractivity contribution < 1.29 is 32.2 Å². The second-order valence-electron chi connectivity index (χ2n) is 2.65. The molecule has 1 N–H and O–H groups in total. The van der Waals surface area contributed by atoms with Crippen LogP contribution in [0.5, 0.6) is 5.75 Å². The van der Waals surface area contributed by atoms with Crippen molar-refractivity contribution >= 4 is 5.97 Å². The van der Waals surface area contributed by atoms with Crippen LogP contribution in [-0.2, 0) is 0 Å². The number of hydrogen-bond acceptors (Lipinski definition) is 3. The molecule has 88 valence electrons. The summed E-state index contributed by atoms with van der Waals surface area (Å²) in [5.41, 5.74) is -0.410. The summed E-state index contributed by atoms with van der Waals surface area (Å²) < 4.78 is 51.8. The molecule has 0 bridgehead atoms. The van der Waals surface area contributed by atoms with Gasteiger partial charge in [0.25, 0.3) is 0 Å². The van der Waals surface area contributed by atoms with E-state index in [4.69, 9.17) is 5.11 Å². The van der Waals surface area contributed by atoms with E-state index in [9.17, 15) is 22.4 Å². The highest BCUT2D eigenvalue weighted by Gasteiger charge is 2.44. The van der Waals surface area contributed by atoms with Gasteiger partial charge in [0.2, 0.25) is 0 Å². The van der Waals surface area contributed by atoms with Gasteiger partial charge in [-0.25, -0.2) is 9.78 Å². The summed E-state index contributed by atoms with van der Waals surface area (Å²) in [6, 6.07) is 1.67. The highest BCUT2D eigenvalue weighted by atomic mass is 19.3. The molecule has 1 aromatic heterocycles. The first-order valence-corrected chi connectivity index (χ1v) is 3.87. The standard InChI is InChI=1S/C8H5F4NO3/c9-7(10)8(11,12)16-4-1-2-5(6(14)15)13-3-4/h1-3,7H,(H,14,15). The van der Waals surface area contributed by atoms with Gasteiger partial charge in [-0.3, -0.25) is 0 Å². The lowest BCUT2D eigenvalue weighted by atomic mass is 10.3. The summed E-state index contributed by atoms with van der Waals surface area (Å²) in [5.74, 6) is -2.01. The maximum Gasteiger partial charge on any atom is 0.461 e. The first-order chi connectivity index (χ1) is 7.33. The van der Waals surface area contributed by atoms with E-state index in [2.05, 4.69) is 9.72 Å². The molecule has 4 nitrogen and oxygen atoms in total. The summed E-state index contributed by atoms with van der Waals surface area (Å²) in [6.45, 7) is 0. The van der Waals surface area contributed by atoms with Gasteiger partial charge in [-0.05, 0) is 12.1 Å². The van der Waals surface area contributed by atoms with E-state index in [1.165, 1.54) is 0 Å². The van der Waals surface area contributed by atoms with Crippen LogP contribution in [0.3, 0.4) is 0 Å². The Balaban J connectivity index is 2.80. The van der Waals surface area contributed by atoms with Crippen LogP contribution in [0.25, 0.3) is 0 Å². The van der Waals surface area contributed by atoms with Crippen LogP contribution in [0.4, 0.5) is 17.6 Å². The van der Waals surface area contributed by atoms with Gasteiger partial charge in [0, 0.05) is 0 Å². The van der Waals surface area contributed by atoms with Crippen LogP contribution in [0.2, 0.25) is 0 Å². The predicted molar refractivity (Wildman–Crippen MR) is 42.8 cm³/mol. The van der Waals surface area contributed by atoms with Crippen LogP contribution in [0.15, 0.2) is 18.3 Å². The van der Waals surface area contributed by atoms with Gasteiger partial charge in [-0.2, -0.15) is 17.6 Å². The molecule has 0 radical (unpaired) electrons. The summed E-state index contributed by atoms with van der Waals surface area (Å²) in [6.07, 6.45) is -7.99. The van der Waals surface area contributed by atoms with Crippen molar-refractivity contribution in [3.63, 3.8) is 0 Å². The maximum atomic E-state index is 12.4. The van der Waals surface area contributed by atoms with Crippen molar-refractivity contribution in [2.24, 2.45) is 0 Å². The molecule has 0 aliphatic carbocycles. The summed E-state index contributed by atoms with van der Waals surface area (Å²) in [4.78, 5) is 13.6. The third kappa shape index (κ3) is 2.81. The molecule has 8 heteroatoms. The molecule has 0 saturated heterocycles. The van der Waals surface area contributed by atoms with Crippen molar-refractivity contribution in [3.8, 4) is 5.75 Å². The Morgan fingerprint density at radius 1 is 1.44 bits per heavy atom. The van der Waals surface area contributed by atoms with Crippen LogP contribution in [0, 0.1) is 0 Å². The van der Waals surface area contributed by atoms with Gasteiger partial charge in [0.1, 0.15) is 11.4 Å². The van der Waals surface area contributed by atoms with Crippen LogP contribution in [-0.4, -0.2) is 28.6 Å². The Morgan fingerprint density at radius 3 is 2.44 bits per heavy atom. The van der Waals surface area contributed by atoms with Crippen LogP contribution >= 0.6 is 0 Å². The van der Waals surface area contributed by atoms with Gasteiger partial charge >= 0.3 is 18.5 Å². The van der Waals surface area contributed by atoms with Crippen LogP contribution < -0.4 is 4.74 Å². The molecule has 0 aliphatic rings. The van der Waals surface area contributed by atoms with Crippen LogP contribution in [0.1, 0.15) is 10.5 Å². The Hall–Kier alpha value is -1.86. The zero-order valence-electron chi connectivity index (χ0n) is 7.53. The average molecular weight is 239 g/mol. The highest BCUT2D eigenvalue weighted by molar-refractivity contribution is 5.85. The smallest absolute Gasteiger partial charge is 0.461 e. The number of rotatable bonds is 4.